The highest BCUT2D eigenvalue weighted by Gasteiger charge is 2.42. The van der Waals surface area contributed by atoms with Crippen molar-refractivity contribution in [2.75, 3.05) is 7.11 Å². The molecular weight excluding hydrogens is 901 g/mol. The van der Waals surface area contributed by atoms with Crippen LogP contribution in [0, 0.1) is 5.41 Å². The third-order valence-electron chi connectivity index (χ3n) is 11.0. The van der Waals surface area contributed by atoms with Crippen molar-refractivity contribution in [3.63, 3.8) is 0 Å². The number of carbonyl (C=O) groups is 6. The summed E-state index contributed by atoms with van der Waals surface area (Å²) in [6, 6.07) is 0. The predicted molar refractivity (Wildman–Crippen MR) is 244 cm³/mol. The number of fused-ring (bicyclic) bond motifs is 6. The molecule has 0 spiro atoms. The maximum atomic E-state index is 13.6. The van der Waals surface area contributed by atoms with Crippen LogP contribution in [0.3, 0.4) is 0 Å². The highest BCUT2D eigenvalue weighted by atomic mass is 16.6. The number of aliphatic carboxylic acids is 2. The van der Waals surface area contributed by atoms with Crippen LogP contribution in [0.25, 0.3) is 6.08 Å². The number of esters is 4. The van der Waals surface area contributed by atoms with Gasteiger partial charge in [-0.2, -0.15) is 0 Å². The molecule has 9 atom stereocenters. The number of methoxy groups -OCH3 is 1. The van der Waals surface area contributed by atoms with Gasteiger partial charge in [0.2, 0.25) is 5.89 Å². The molecule has 0 aromatic carbocycles. The number of ether oxygens (including phenoxy) is 7. The molecule has 19 heteroatoms. The number of rotatable bonds is 15. The third kappa shape index (κ3) is 16.7. The first-order valence-corrected chi connectivity index (χ1v) is 22.3. The number of allylic oxidation sites excluding steroid dienone is 4. The molecule has 0 aliphatic carbocycles. The summed E-state index contributed by atoms with van der Waals surface area (Å²) >= 11 is 0. The van der Waals surface area contributed by atoms with Crippen molar-refractivity contribution < 1.29 is 81.0 Å². The second-order valence-corrected chi connectivity index (χ2v) is 16.6. The Morgan fingerprint density at radius 1 is 0.768 bits per heavy atom. The van der Waals surface area contributed by atoms with Crippen LogP contribution >= 0.6 is 0 Å². The van der Waals surface area contributed by atoms with Crippen LogP contribution in [0.2, 0.25) is 0 Å². The summed E-state index contributed by atoms with van der Waals surface area (Å²) in [6.07, 6.45) is 19.3. The molecule has 2 aromatic rings. The van der Waals surface area contributed by atoms with Gasteiger partial charge >= 0.3 is 35.8 Å². The van der Waals surface area contributed by atoms with E-state index in [9.17, 15) is 28.8 Å². The van der Waals surface area contributed by atoms with E-state index in [4.69, 9.17) is 52.2 Å². The van der Waals surface area contributed by atoms with Gasteiger partial charge in [0.05, 0.1) is 38.2 Å². The largest absolute Gasteiger partial charge is 0.481 e. The summed E-state index contributed by atoms with van der Waals surface area (Å²) in [5, 5.41) is 18.1. The van der Waals surface area contributed by atoms with E-state index in [0.717, 1.165) is 6.26 Å². The Hall–Kier alpha value is -6.96. The molecule has 19 nitrogen and oxygen atoms in total. The minimum absolute atomic E-state index is 0.0910. The smallest absolute Gasteiger partial charge is 0.360 e. The van der Waals surface area contributed by atoms with E-state index in [0.29, 0.717) is 0 Å². The third-order valence-corrected chi connectivity index (χ3v) is 11.0. The van der Waals surface area contributed by atoms with Gasteiger partial charge in [-0.15, -0.1) is 0 Å². The molecule has 0 radical (unpaired) electrons. The molecule has 0 amide bonds. The average molecular weight is 959 g/mol. The summed E-state index contributed by atoms with van der Waals surface area (Å²) in [6.45, 7) is 11.1. The SMILES string of the molecule is C=C([C@H](/C=C/C)OC(=O)CCC(=O)O)[C@@H]1C/C=C\[C@H]2O[C@H]2/C=C/C=C\c2nc(co2)C(=O)O[C@H](C(C)(C)[C@H](/C=C/C)OC(=O)CCC(=O)O)C/C=C\C2OC2/C=C/[C@H](OC)Cc2nc(co2)C(=O)O1. The van der Waals surface area contributed by atoms with E-state index < -0.39 is 84.6 Å². The van der Waals surface area contributed by atoms with Crippen LogP contribution in [-0.2, 0) is 58.8 Å². The molecule has 3 aliphatic rings. The molecule has 2 aromatic heterocycles. The first-order chi connectivity index (χ1) is 33.0. The second kappa shape index (κ2) is 25.4. The summed E-state index contributed by atoms with van der Waals surface area (Å²) in [4.78, 5) is 83.2. The van der Waals surface area contributed by atoms with Gasteiger partial charge in [-0.1, -0.05) is 87.3 Å². The van der Waals surface area contributed by atoms with Gasteiger partial charge in [0.1, 0.15) is 61.4 Å². The molecule has 3 aliphatic heterocycles. The molecule has 0 saturated carbocycles. The fourth-order valence-corrected chi connectivity index (χ4v) is 6.84. The van der Waals surface area contributed by atoms with E-state index in [1.165, 1.54) is 25.5 Å². The lowest BCUT2D eigenvalue weighted by molar-refractivity contribution is -0.158. The van der Waals surface area contributed by atoms with Gasteiger partial charge in [-0.05, 0) is 26.0 Å². The maximum absolute atomic E-state index is 13.6. The minimum atomic E-state index is -1.16. The summed E-state index contributed by atoms with van der Waals surface area (Å²) in [5.74, 6) is -5.15. The van der Waals surface area contributed by atoms with E-state index in [1.54, 1.807) is 94.5 Å². The zero-order valence-corrected chi connectivity index (χ0v) is 39.0. The van der Waals surface area contributed by atoms with Crippen molar-refractivity contribution in [2.24, 2.45) is 5.41 Å². The zero-order valence-electron chi connectivity index (χ0n) is 39.0. The number of epoxide rings is 2. The van der Waals surface area contributed by atoms with Crippen molar-refractivity contribution in [1.29, 1.82) is 0 Å². The number of nitrogens with zero attached hydrogens (tertiary/aromatic N) is 2. The molecule has 370 valence electrons. The lowest BCUT2D eigenvalue weighted by Crippen LogP contribution is -2.44. The number of cyclic esters (lactones) is 2. The Labute approximate surface area is 398 Å². The van der Waals surface area contributed by atoms with Crippen LogP contribution in [0.1, 0.15) is 99.0 Å². The number of aromatic nitrogens is 2. The molecule has 2 fully saturated rings. The van der Waals surface area contributed by atoms with E-state index in [-0.39, 0.29) is 85.3 Å². The summed E-state index contributed by atoms with van der Waals surface area (Å²) in [7, 11) is 1.50. The van der Waals surface area contributed by atoms with Crippen molar-refractivity contribution in [3.8, 4) is 0 Å². The summed E-state index contributed by atoms with van der Waals surface area (Å²) < 4.78 is 51.6. The van der Waals surface area contributed by atoms with Gasteiger partial charge in [0.15, 0.2) is 17.3 Å². The van der Waals surface area contributed by atoms with Crippen LogP contribution in [-0.4, -0.2) is 118 Å². The average Bonchev–Trinajstić information content (AvgIpc) is 4.11. The van der Waals surface area contributed by atoms with E-state index in [1.807, 2.05) is 6.08 Å². The van der Waals surface area contributed by atoms with Crippen LogP contribution < -0.4 is 0 Å². The normalized spacial score (nSPS) is 26.7. The lowest BCUT2D eigenvalue weighted by Gasteiger charge is -2.38. The van der Waals surface area contributed by atoms with Gasteiger partial charge in [0, 0.05) is 37.0 Å². The molecule has 2 N–H and O–H groups in total. The predicted octanol–water partition coefficient (Wildman–Crippen LogP) is 6.83. The van der Waals surface area contributed by atoms with Crippen molar-refractivity contribution in [2.45, 2.75) is 128 Å². The van der Waals surface area contributed by atoms with Crippen molar-refractivity contribution in [1.82, 2.24) is 9.97 Å². The monoisotopic (exact) mass is 958 g/mol. The first kappa shape index (κ1) is 53.0. The summed E-state index contributed by atoms with van der Waals surface area (Å²) in [5.41, 5.74) is -1.07. The minimum Gasteiger partial charge on any atom is -0.481 e. The molecule has 5 heterocycles. The standard InChI is InChI=1S/C50H58N2O17/c1-7-13-34(66-46(57)25-23-44(53)54)30(3)35-16-11-17-37-36(64-37)15-9-10-20-42-51-33(28-62-42)49(60)69-41(50(4,5)40(14-8-2)68-47(58)26-24-45(55)56)19-12-18-38-39(65-38)22-21-31(61-6)27-43-52-32(29-63-43)48(59)67-35/h7-15,17-18,20-22,28-29,31,34-41H,3,16,19,23-27H2,1-2,4-6H3,(H,53,54)(H,55,56)/b13-7+,14-8+,15-9+,17-11-,18-12-,20-10-,22-21+/t31-,34-,35-,36-,37+,38?,39?,40-,41-/m0/s1. The molecule has 2 saturated heterocycles. The molecule has 69 heavy (non-hydrogen) atoms. The van der Waals surface area contributed by atoms with Crippen LogP contribution in [0.5, 0.6) is 0 Å². The van der Waals surface area contributed by atoms with Gasteiger partial charge in [-0.3, -0.25) is 19.2 Å². The quantitative estimate of drug-likeness (QED) is 0.0802. The van der Waals surface area contributed by atoms with E-state index in [2.05, 4.69) is 16.5 Å². The Kier molecular flexibility index (Phi) is 19.5. The lowest BCUT2D eigenvalue weighted by atomic mass is 9.78. The fourth-order valence-electron chi connectivity index (χ4n) is 6.84. The molecule has 5 rings (SSSR count). The number of oxazole rings is 2. The second-order valence-electron chi connectivity index (χ2n) is 16.6. The van der Waals surface area contributed by atoms with Crippen LogP contribution in [0.15, 0.2) is 113 Å². The Bertz CT molecular complexity index is 2360. The number of hydrogen-bond acceptors (Lipinski definition) is 17. The highest BCUT2D eigenvalue weighted by Crippen LogP contribution is 2.35. The van der Waals surface area contributed by atoms with Crippen LogP contribution in [0.4, 0.5) is 0 Å². The number of carboxylic acid groups (broad SMARTS) is 2. The molecular formula is C50H58N2O17. The number of carbonyl (C=O) groups excluding carboxylic acids is 4. The zero-order chi connectivity index (χ0) is 50.1. The van der Waals surface area contributed by atoms with Gasteiger partial charge in [-0.25, -0.2) is 19.6 Å². The Morgan fingerprint density at radius 2 is 1.36 bits per heavy atom. The highest BCUT2D eigenvalue weighted by molar-refractivity contribution is 5.87. The fraction of sp³-hybridized carbons (Fsp3) is 0.440. The van der Waals surface area contributed by atoms with E-state index >= 15 is 0 Å². The number of hydrogen-bond donors (Lipinski definition) is 2. The van der Waals surface area contributed by atoms with Crippen molar-refractivity contribution in [3.05, 3.63) is 127 Å². The topological polar surface area (TPSA) is 266 Å². The molecule has 4 bridgehead atoms. The first-order valence-electron chi connectivity index (χ1n) is 22.3. The van der Waals surface area contributed by atoms with Gasteiger partial charge in [0.25, 0.3) is 0 Å². The Morgan fingerprint density at radius 3 is 2.01 bits per heavy atom. The maximum Gasteiger partial charge on any atom is 0.360 e. The van der Waals surface area contributed by atoms with Crippen molar-refractivity contribution >= 4 is 41.9 Å². The van der Waals surface area contributed by atoms with Gasteiger partial charge < -0.3 is 52.2 Å². The number of carboxylic acids is 2. The molecule has 2 unspecified atom stereocenters. The Balaban J connectivity index is 1.38.